The Bertz CT molecular complexity index is 187. The molecule has 0 aromatic carbocycles. The van der Waals surface area contributed by atoms with Crippen molar-refractivity contribution in [2.45, 2.75) is 25.8 Å². The van der Waals surface area contributed by atoms with Gasteiger partial charge in [-0.15, -0.1) is 0 Å². The highest BCUT2D eigenvalue weighted by atomic mass is 16.3. The molecule has 19 heavy (non-hydrogen) atoms. The molecule has 0 bridgehead atoms. The Balaban J connectivity index is 2.35. The number of aliphatic hydroxyl groups excluding tert-OH is 1. The van der Waals surface area contributed by atoms with Gasteiger partial charge in [0, 0.05) is 45.6 Å². The van der Waals surface area contributed by atoms with Crippen molar-refractivity contribution < 1.29 is 5.11 Å². The molecule has 0 aromatic rings. The van der Waals surface area contributed by atoms with Crippen LogP contribution in [0.4, 0.5) is 0 Å². The predicted octanol–water partition coefficient (Wildman–Crippen LogP) is -1.26. The summed E-state index contributed by atoms with van der Waals surface area (Å²) in [7, 11) is 0. The molecule has 1 aliphatic heterocycles. The highest BCUT2D eigenvalue weighted by Crippen LogP contribution is 2.00. The lowest BCUT2D eigenvalue weighted by Crippen LogP contribution is -2.49. The molecular formula is C13H31N5O. The van der Waals surface area contributed by atoms with Gasteiger partial charge in [0.25, 0.3) is 0 Å². The second kappa shape index (κ2) is 11.6. The molecule has 0 radical (unpaired) electrons. The van der Waals surface area contributed by atoms with Crippen LogP contribution in [0.5, 0.6) is 0 Å². The Morgan fingerprint density at radius 1 is 0.895 bits per heavy atom. The van der Waals surface area contributed by atoms with Gasteiger partial charge in [0.05, 0.1) is 6.61 Å². The van der Waals surface area contributed by atoms with Crippen molar-refractivity contribution in [3.05, 3.63) is 0 Å². The summed E-state index contributed by atoms with van der Waals surface area (Å²) in [5.74, 6) is 0. The summed E-state index contributed by atoms with van der Waals surface area (Å²) >= 11 is 0. The summed E-state index contributed by atoms with van der Waals surface area (Å²) in [5.41, 5.74) is 0. The van der Waals surface area contributed by atoms with Gasteiger partial charge >= 0.3 is 0 Å². The summed E-state index contributed by atoms with van der Waals surface area (Å²) in [5, 5.41) is 23.1. The van der Waals surface area contributed by atoms with Crippen LogP contribution in [0.15, 0.2) is 0 Å². The molecule has 0 unspecified atom stereocenters. The van der Waals surface area contributed by atoms with Gasteiger partial charge in [-0.1, -0.05) is 6.92 Å². The van der Waals surface area contributed by atoms with Gasteiger partial charge in [-0.25, -0.2) is 0 Å². The number of rotatable bonds is 3. The lowest BCUT2D eigenvalue weighted by molar-refractivity contribution is 0.104. The van der Waals surface area contributed by atoms with Gasteiger partial charge in [-0.2, -0.15) is 0 Å². The smallest absolute Gasteiger partial charge is 0.0587 e. The second-order valence-electron chi connectivity index (χ2n) is 5.00. The fourth-order valence-corrected chi connectivity index (χ4v) is 2.20. The summed E-state index contributed by atoms with van der Waals surface area (Å²) in [4.78, 5) is 2.27. The van der Waals surface area contributed by atoms with Crippen LogP contribution in [0, 0.1) is 0 Å². The van der Waals surface area contributed by atoms with Gasteiger partial charge in [-0.05, 0) is 25.9 Å². The van der Waals surface area contributed by atoms with Crippen molar-refractivity contribution in [1.29, 1.82) is 0 Å². The minimum absolute atomic E-state index is 0.219. The van der Waals surface area contributed by atoms with E-state index in [1.165, 1.54) is 6.42 Å². The normalized spacial score (nSPS) is 23.7. The number of nitrogens with zero attached hydrogens (tertiary/aromatic N) is 1. The topological polar surface area (TPSA) is 71.6 Å². The van der Waals surface area contributed by atoms with Crippen molar-refractivity contribution in [2.24, 2.45) is 0 Å². The maximum absolute atomic E-state index is 9.43. The second-order valence-corrected chi connectivity index (χ2v) is 5.00. The molecule has 1 saturated heterocycles. The first-order valence-corrected chi connectivity index (χ1v) is 7.56. The molecule has 0 amide bonds. The van der Waals surface area contributed by atoms with Crippen molar-refractivity contribution in [3.63, 3.8) is 0 Å². The first-order valence-electron chi connectivity index (χ1n) is 7.56. The lowest BCUT2D eigenvalue weighted by Gasteiger charge is -2.30. The van der Waals surface area contributed by atoms with Gasteiger partial charge in [0.15, 0.2) is 0 Å². The molecular weight excluding hydrogens is 242 g/mol. The van der Waals surface area contributed by atoms with Crippen molar-refractivity contribution in [2.75, 3.05) is 59.2 Å². The van der Waals surface area contributed by atoms with Crippen molar-refractivity contribution in [3.8, 4) is 0 Å². The quantitative estimate of drug-likeness (QED) is 0.442. The van der Waals surface area contributed by atoms with E-state index in [9.17, 15) is 5.11 Å². The molecule has 114 valence electrons. The van der Waals surface area contributed by atoms with Crippen LogP contribution in [0.25, 0.3) is 0 Å². The third-order valence-electron chi connectivity index (χ3n) is 3.49. The molecule has 6 nitrogen and oxygen atoms in total. The maximum atomic E-state index is 9.43. The maximum Gasteiger partial charge on any atom is 0.0587 e. The van der Waals surface area contributed by atoms with Crippen LogP contribution < -0.4 is 21.3 Å². The zero-order valence-electron chi connectivity index (χ0n) is 12.2. The fraction of sp³-hybridized carbons (Fsp3) is 1.00. The van der Waals surface area contributed by atoms with Crippen molar-refractivity contribution >= 4 is 0 Å². The number of nitrogens with one attached hydrogen (secondary N) is 4. The van der Waals surface area contributed by atoms with Crippen LogP contribution in [0.3, 0.4) is 0 Å². The van der Waals surface area contributed by atoms with Crippen LogP contribution in [-0.2, 0) is 0 Å². The summed E-state index contributed by atoms with van der Waals surface area (Å²) in [6, 6.07) is 0.230. The van der Waals surface area contributed by atoms with Crippen LogP contribution >= 0.6 is 0 Å². The molecule has 0 saturated carbocycles. The summed E-state index contributed by atoms with van der Waals surface area (Å²) < 4.78 is 0. The Labute approximate surface area is 117 Å². The molecule has 1 aliphatic rings. The van der Waals surface area contributed by atoms with Gasteiger partial charge in [0.2, 0.25) is 0 Å². The van der Waals surface area contributed by atoms with E-state index in [0.29, 0.717) is 0 Å². The standard InChI is InChI=1S/C13H31N5O/c1-2-13(10-19)18-11-16-8-6-14-4-3-5-15-7-9-17-12-18/h13-17,19H,2-12H2,1H3/t13-/m1/s1. The van der Waals surface area contributed by atoms with Crippen molar-refractivity contribution in [1.82, 2.24) is 26.2 Å². The monoisotopic (exact) mass is 273 g/mol. The van der Waals surface area contributed by atoms with E-state index in [-0.39, 0.29) is 12.6 Å². The van der Waals surface area contributed by atoms with Crippen LogP contribution in [0.1, 0.15) is 19.8 Å². The van der Waals surface area contributed by atoms with E-state index >= 15 is 0 Å². The zero-order chi connectivity index (χ0) is 13.8. The molecule has 1 fully saturated rings. The number of aliphatic hydroxyl groups is 1. The molecule has 6 heteroatoms. The summed E-state index contributed by atoms with van der Waals surface area (Å²) in [6.45, 7) is 10.0. The fourth-order valence-electron chi connectivity index (χ4n) is 2.20. The Kier molecular flexibility index (Phi) is 10.2. The molecule has 0 aliphatic carbocycles. The SMILES string of the molecule is CC[C@H](CO)N1CNCCNCCCNCCNC1. The third kappa shape index (κ3) is 7.81. The van der Waals surface area contributed by atoms with E-state index in [4.69, 9.17) is 0 Å². The van der Waals surface area contributed by atoms with E-state index in [1.807, 2.05) is 0 Å². The first kappa shape index (κ1) is 16.8. The molecule has 1 atom stereocenters. The molecule has 1 heterocycles. The molecule has 0 spiro atoms. The minimum Gasteiger partial charge on any atom is -0.395 e. The molecule has 1 rings (SSSR count). The average Bonchev–Trinajstić information content (AvgIpc) is 2.44. The summed E-state index contributed by atoms with van der Waals surface area (Å²) in [6.07, 6.45) is 2.14. The van der Waals surface area contributed by atoms with Gasteiger partial charge in [0.1, 0.15) is 0 Å². The molecule has 5 N–H and O–H groups in total. The van der Waals surface area contributed by atoms with E-state index in [0.717, 1.165) is 59.0 Å². The first-order chi connectivity index (χ1) is 9.38. The van der Waals surface area contributed by atoms with Gasteiger partial charge in [-0.3, -0.25) is 4.90 Å². The third-order valence-corrected chi connectivity index (χ3v) is 3.49. The van der Waals surface area contributed by atoms with Crippen LogP contribution in [0.2, 0.25) is 0 Å². The highest BCUT2D eigenvalue weighted by molar-refractivity contribution is 4.69. The zero-order valence-corrected chi connectivity index (χ0v) is 12.2. The highest BCUT2D eigenvalue weighted by Gasteiger charge is 2.14. The average molecular weight is 273 g/mol. The van der Waals surface area contributed by atoms with Gasteiger partial charge < -0.3 is 26.4 Å². The van der Waals surface area contributed by atoms with E-state index in [1.54, 1.807) is 0 Å². The van der Waals surface area contributed by atoms with Crippen LogP contribution in [-0.4, -0.2) is 75.3 Å². The number of hydrogen-bond donors (Lipinski definition) is 5. The lowest BCUT2D eigenvalue weighted by atomic mass is 10.2. The minimum atomic E-state index is 0.219. The predicted molar refractivity (Wildman–Crippen MR) is 79.1 cm³/mol. The Morgan fingerprint density at radius 2 is 1.42 bits per heavy atom. The Hall–Kier alpha value is -0.240. The molecule has 0 aromatic heterocycles. The van der Waals surface area contributed by atoms with E-state index in [2.05, 4.69) is 33.1 Å². The Morgan fingerprint density at radius 3 is 1.89 bits per heavy atom. The number of hydrogen-bond acceptors (Lipinski definition) is 6. The largest absolute Gasteiger partial charge is 0.395 e. The van der Waals surface area contributed by atoms with E-state index < -0.39 is 0 Å².